The highest BCUT2D eigenvalue weighted by Crippen LogP contribution is 2.33. The Morgan fingerprint density at radius 1 is 1.28 bits per heavy atom. The minimum Gasteiger partial charge on any atom is -0.490 e. The van der Waals surface area contributed by atoms with Crippen LogP contribution in [0, 0.1) is 5.92 Å². The Morgan fingerprint density at radius 2 is 2.12 bits per heavy atom. The van der Waals surface area contributed by atoms with Gasteiger partial charge in [-0.1, -0.05) is 32.4 Å². The van der Waals surface area contributed by atoms with Gasteiger partial charge in [0, 0.05) is 44.1 Å². The van der Waals surface area contributed by atoms with Gasteiger partial charge in [0.25, 0.3) is 0 Å². The number of rotatable bonds is 5. The third-order valence-corrected chi connectivity index (χ3v) is 5.32. The van der Waals surface area contributed by atoms with Gasteiger partial charge in [-0.3, -0.25) is 4.79 Å². The quantitative estimate of drug-likeness (QED) is 0.890. The fraction of sp³-hybridized carbons (Fsp3) is 0.650. The van der Waals surface area contributed by atoms with Crippen LogP contribution in [-0.2, 0) is 11.3 Å². The maximum atomic E-state index is 12.0. The van der Waals surface area contributed by atoms with E-state index in [0.717, 1.165) is 56.0 Å². The lowest BCUT2D eigenvalue weighted by molar-refractivity contribution is -0.133. The summed E-state index contributed by atoms with van der Waals surface area (Å²) < 4.78 is 11.7. The van der Waals surface area contributed by atoms with Gasteiger partial charge in [0.05, 0.1) is 13.2 Å². The van der Waals surface area contributed by atoms with E-state index in [9.17, 15) is 4.79 Å². The lowest BCUT2D eigenvalue weighted by Crippen LogP contribution is -2.50. The molecule has 1 aromatic rings. The van der Waals surface area contributed by atoms with Gasteiger partial charge in [-0.25, -0.2) is 0 Å². The van der Waals surface area contributed by atoms with Crippen LogP contribution in [0.1, 0.15) is 45.1 Å². The molecule has 2 unspecified atom stereocenters. The number of carbonyl (C=O) groups excluding carboxylic acids is 1. The van der Waals surface area contributed by atoms with Crippen molar-refractivity contribution >= 4 is 5.91 Å². The second kappa shape index (κ2) is 8.56. The van der Waals surface area contributed by atoms with Crippen LogP contribution in [0.2, 0.25) is 0 Å². The van der Waals surface area contributed by atoms with Crippen molar-refractivity contribution in [3.8, 4) is 11.5 Å². The minimum absolute atomic E-state index is 0.274. The van der Waals surface area contributed by atoms with Crippen LogP contribution in [0.4, 0.5) is 0 Å². The van der Waals surface area contributed by atoms with E-state index < -0.39 is 0 Å². The number of likely N-dealkylation sites (tertiary alicyclic amines) is 1. The molecule has 0 aromatic heterocycles. The number of benzene rings is 1. The van der Waals surface area contributed by atoms with E-state index in [-0.39, 0.29) is 5.91 Å². The first-order valence-electron chi connectivity index (χ1n) is 9.61. The molecule has 2 aliphatic rings. The lowest BCUT2D eigenvalue weighted by Gasteiger charge is -2.39. The number of hydrogen-bond donors (Lipinski definition) is 1. The molecular weight excluding hydrogens is 316 g/mol. The SMILES string of the molecule is CCC(=O)N1CCC(NCc2cccc3c2OCCCO3)C(CC)C1. The van der Waals surface area contributed by atoms with Crippen LogP contribution in [0.5, 0.6) is 11.5 Å². The molecule has 1 amide bonds. The van der Waals surface area contributed by atoms with E-state index in [0.29, 0.717) is 31.6 Å². The van der Waals surface area contributed by atoms with Gasteiger partial charge in [0.15, 0.2) is 11.5 Å². The molecule has 5 nitrogen and oxygen atoms in total. The van der Waals surface area contributed by atoms with Crippen molar-refractivity contribution in [1.82, 2.24) is 10.2 Å². The number of nitrogens with one attached hydrogen (secondary N) is 1. The molecule has 1 saturated heterocycles. The maximum Gasteiger partial charge on any atom is 0.222 e. The Balaban J connectivity index is 1.63. The van der Waals surface area contributed by atoms with Crippen LogP contribution < -0.4 is 14.8 Å². The van der Waals surface area contributed by atoms with Crippen LogP contribution in [0.3, 0.4) is 0 Å². The van der Waals surface area contributed by atoms with Crippen molar-refractivity contribution < 1.29 is 14.3 Å². The summed E-state index contributed by atoms with van der Waals surface area (Å²) in [7, 11) is 0. The number of piperidine rings is 1. The number of hydrogen-bond acceptors (Lipinski definition) is 4. The molecule has 1 fully saturated rings. The van der Waals surface area contributed by atoms with Gasteiger partial charge in [-0.2, -0.15) is 0 Å². The standard InChI is InChI=1S/C20H30N2O3/c1-3-15-14-22(19(23)4-2)10-9-17(15)21-13-16-7-5-8-18-20(16)25-12-6-11-24-18/h5,7-8,15,17,21H,3-4,6,9-14H2,1-2H3. The molecular formula is C20H30N2O3. The Bertz CT molecular complexity index is 590. The minimum atomic E-state index is 0.274. The summed E-state index contributed by atoms with van der Waals surface area (Å²) in [5.74, 6) is 2.52. The molecule has 25 heavy (non-hydrogen) atoms. The van der Waals surface area contributed by atoms with Crippen LogP contribution in [0.25, 0.3) is 0 Å². The van der Waals surface area contributed by atoms with E-state index in [1.54, 1.807) is 0 Å². The molecule has 5 heteroatoms. The predicted octanol–water partition coefficient (Wildman–Crippen LogP) is 2.97. The average molecular weight is 346 g/mol. The Hall–Kier alpha value is -1.75. The first-order valence-corrected chi connectivity index (χ1v) is 9.61. The molecule has 0 saturated carbocycles. The smallest absolute Gasteiger partial charge is 0.222 e. The average Bonchev–Trinajstić information content (AvgIpc) is 2.91. The zero-order valence-electron chi connectivity index (χ0n) is 15.4. The molecule has 0 spiro atoms. The van der Waals surface area contributed by atoms with Crippen molar-refractivity contribution in [1.29, 1.82) is 0 Å². The normalized spacial score (nSPS) is 23.2. The number of para-hydroxylation sites is 1. The first kappa shape index (κ1) is 18.1. The van der Waals surface area contributed by atoms with Crippen LogP contribution in [0.15, 0.2) is 18.2 Å². The third kappa shape index (κ3) is 4.27. The first-order chi connectivity index (χ1) is 12.2. The highest BCUT2D eigenvalue weighted by molar-refractivity contribution is 5.75. The van der Waals surface area contributed by atoms with Gasteiger partial charge < -0.3 is 19.7 Å². The number of ether oxygens (including phenoxy) is 2. The second-order valence-corrected chi connectivity index (χ2v) is 6.93. The molecule has 2 atom stereocenters. The van der Waals surface area contributed by atoms with Gasteiger partial charge in [-0.05, 0) is 18.4 Å². The Morgan fingerprint density at radius 3 is 2.92 bits per heavy atom. The van der Waals surface area contributed by atoms with Crippen LogP contribution >= 0.6 is 0 Å². The van der Waals surface area contributed by atoms with E-state index in [1.165, 1.54) is 0 Å². The van der Waals surface area contributed by atoms with E-state index in [4.69, 9.17) is 9.47 Å². The molecule has 2 aliphatic heterocycles. The maximum absolute atomic E-state index is 12.0. The molecule has 0 radical (unpaired) electrons. The van der Waals surface area contributed by atoms with Crippen molar-refractivity contribution in [3.05, 3.63) is 23.8 Å². The number of carbonyl (C=O) groups is 1. The Kier molecular flexibility index (Phi) is 6.19. The van der Waals surface area contributed by atoms with Gasteiger partial charge in [0.1, 0.15) is 0 Å². The van der Waals surface area contributed by atoms with Crippen molar-refractivity contribution in [2.24, 2.45) is 5.92 Å². The second-order valence-electron chi connectivity index (χ2n) is 6.93. The van der Waals surface area contributed by atoms with Crippen molar-refractivity contribution in [2.75, 3.05) is 26.3 Å². The highest BCUT2D eigenvalue weighted by Gasteiger charge is 2.29. The third-order valence-electron chi connectivity index (χ3n) is 5.32. The summed E-state index contributed by atoms with van der Waals surface area (Å²) in [6.07, 6.45) is 3.61. The number of fused-ring (bicyclic) bond motifs is 1. The number of amides is 1. The van der Waals surface area contributed by atoms with Crippen molar-refractivity contribution in [3.63, 3.8) is 0 Å². The summed E-state index contributed by atoms with van der Waals surface area (Å²) in [4.78, 5) is 14.0. The monoisotopic (exact) mass is 346 g/mol. The van der Waals surface area contributed by atoms with Crippen LogP contribution in [-0.4, -0.2) is 43.2 Å². The lowest BCUT2D eigenvalue weighted by atomic mass is 9.89. The molecule has 0 bridgehead atoms. The molecule has 2 heterocycles. The molecule has 1 N–H and O–H groups in total. The Labute approximate surface area is 150 Å². The molecule has 0 aliphatic carbocycles. The summed E-state index contributed by atoms with van der Waals surface area (Å²) in [5, 5.41) is 3.71. The predicted molar refractivity (Wildman–Crippen MR) is 97.9 cm³/mol. The van der Waals surface area contributed by atoms with E-state index >= 15 is 0 Å². The zero-order chi connectivity index (χ0) is 17.6. The molecule has 1 aromatic carbocycles. The summed E-state index contributed by atoms with van der Waals surface area (Å²) >= 11 is 0. The van der Waals surface area contributed by atoms with E-state index in [1.807, 2.05) is 24.0 Å². The highest BCUT2D eigenvalue weighted by atomic mass is 16.5. The fourth-order valence-electron chi connectivity index (χ4n) is 3.80. The fourth-order valence-corrected chi connectivity index (χ4v) is 3.80. The van der Waals surface area contributed by atoms with Gasteiger partial charge in [-0.15, -0.1) is 0 Å². The van der Waals surface area contributed by atoms with Gasteiger partial charge >= 0.3 is 0 Å². The molecule has 138 valence electrons. The summed E-state index contributed by atoms with van der Waals surface area (Å²) in [6, 6.07) is 6.56. The van der Waals surface area contributed by atoms with Gasteiger partial charge in [0.2, 0.25) is 5.91 Å². The van der Waals surface area contributed by atoms with Crippen molar-refractivity contribution in [2.45, 2.75) is 52.1 Å². The topological polar surface area (TPSA) is 50.8 Å². The molecule has 3 rings (SSSR count). The summed E-state index contributed by atoms with van der Waals surface area (Å²) in [5.41, 5.74) is 1.15. The zero-order valence-corrected chi connectivity index (χ0v) is 15.4. The number of nitrogens with zero attached hydrogens (tertiary/aromatic N) is 1. The largest absolute Gasteiger partial charge is 0.490 e. The summed E-state index contributed by atoms with van der Waals surface area (Å²) in [6.45, 7) is 8.07. The van der Waals surface area contributed by atoms with E-state index in [2.05, 4.69) is 18.3 Å².